The molecule has 1 saturated carbocycles. The highest BCUT2D eigenvalue weighted by Gasteiger charge is 2.30. The van der Waals surface area contributed by atoms with Gasteiger partial charge < -0.3 is 5.73 Å². The highest BCUT2D eigenvalue weighted by molar-refractivity contribution is 5.93. The molecule has 4 aromatic rings. The third-order valence-electron chi connectivity index (χ3n) is 4.86. The summed E-state index contributed by atoms with van der Waals surface area (Å²) in [5, 5.41) is 7.18. The number of rotatable bonds is 4. The molecule has 138 valence electrons. The number of benzene rings is 1. The first-order valence-corrected chi connectivity index (χ1v) is 9.16. The van der Waals surface area contributed by atoms with Gasteiger partial charge in [-0.3, -0.25) is 10.1 Å². The Balaban J connectivity index is 1.47. The maximum Gasteiger partial charge on any atom is 0.249 e. The second-order valence-electron chi connectivity index (χ2n) is 6.94. The van der Waals surface area contributed by atoms with Crippen molar-refractivity contribution >= 4 is 23.3 Å². The van der Waals surface area contributed by atoms with Gasteiger partial charge in [0.2, 0.25) is 11.9 Å². The molecule has 1 fully saturated rings. The maximum absolute atomic E-state index is 12.0. The highest BCUT2D eigenvalue weighted by atomic mass is 16.2. The number of nitrogens with one attached hydrogen (secondary N) is 1. The molecule has 0 radical (unpaired) electrons. The van der Waals surface area contributed by atoms with Crippen LogP contribution in [0.25, 0.3) is 27.9 Å². The van der Waals surface area contributed by atoms with E-state index in [2.05, 4.69) is 20.4 Å². The average molecular weight is 370 g/mol. The lowest BCUT2D eigenvalue weighted by Crippen LogP contribution is -2.14. The zero-order valence-electron chi connectivity index (χ0n) is 15.0. The molecule has 1 aliphatic carbocycles. The Hall–Kier alpha value is -3.74. The SMILES string of the molecule is Nc1ccc(-c2ccc(-c3cccn4nc(NC(=O)C5CC5)nc34)cc2)cn1. The molecule has 0 bridgehead atoms. The van der Waals surface area contributed by atoms with E-state index in [4.69, 9.17) is 5.73 Å². The van der Waals surface area contributed by atoms with Crippen molar-refractivity contribution < 1.29 is 4.79 Å². The number of nitrogen functional groups attached to an aromatic ring is 1. The van der Waals surface area contributed by atoms with Crippen molar-refractivity contribution in [3.8, 4) is 22.3 Å². The maximum atomic E-state index is 12.0. The van der Waals surface area contributed by atoms with Crippen molar-refractivity contribution in [3.63, 3.8) is 0 Å². The van der Waals surface area contributed by atoms with Crippen LogP contribution in [-0.2, 0) is 4.79 Å². The zero-order valence-corrected chi connectivity index (χ0v) is 15.0. The Morgan fingerprint density at radius 3 is 2.50 bits per heavy atom. The molecule has 1 aromatic carbocycles. The van der Waals surface area contributed by atoms with E-state index in [0.717, 1.165) is 35.1 Å². The van der Waals surface area contributed by atoms with Gasteiger partial charge in [0.1, 0.15) is 5.82 Å². The summed E-state index contributed by atoms with van der Waals surface area (Å²) in [5.41, 5.74) is 10.4. The van der Waals surface area contributed by atoms with Crippen molar-refractivity contribution in [1.29, 1.82) is 0 Å². The fourth-order valence-corrected chi connectivity index (χ4v) is 3.16. The molecule has 3 heterocycles. The largest absolute Gasteiger partial charge is 0.384 e. The number of amides is 1. The van der Waals surface area contributed by atoms with Gasteiger partial charge in [-0.25, -0.2) is 9.50 Å². The van der Waals surface area contributed by atoms with E-state index in [1.807, 2.05) is 48.7 Å². The number of pyridine rings is 2. The first-order valence-electron chi connectivity index (χ1n) is 9.16. The van der Waals surface area contributed by atoms with Crippen molar-refractivity contribution in [2.45, 2.75) is 12.8 Å². The third-order valence-corrected chi connectivity index (χ3v) is 4.86. The summed E-state index contributed by atoms with van der Waals surface area (Å²) >= 11 is 0. The van der Waals surface area contributed by atoms with Crippen LogP contribution in [0.5, 0.6) is 0 Å². The Bertz CT molecular complexity index is 1160. The Morgan fingerprint density at radius 2 is 1.79 bits per heavy atom. The monoisotopic (exact) mass is 370 g/mol. The lowest BCUT2D eigenvalue weighted by Gasteiger charge is -2.06. The van der Waals surface area contributed by atoms with Crippen molar-refractivity contribution in [2.24, 2.45) is 5.92 Å². The zero-order chi connectivity index (χ0) is 19.1. The Kier molecular flexibility index (Phi) is 3.79. The van der Waals surface area contributed by atoms with Gasteiger partial charge >= 0.3 is 0 Å². The first-order chi connectivity index (χ1) is 13.7. The molecule has 0 spiro atoms. The molecule has 5 rings (SSSR count). The number of nitrogens with two attached hydrogens (primary N) is 1. The lowest BCUT2D eigenvalue weighted by molar-refractivity contribution is -0.117. The summed E-state index contributed by atoms with van der Waals surface area (Å²) in [7, 11) is 0. The van der Waals surface area contributed by atoms with Gasteiger partial charge in [-0.2, -0.15) is 4.98 Å². The Morgan fingerprint density at radius 1 is 1.04 bits per heavy atom. The van der Waals surface area contributed by atoms with Crippen LogP contribution in [-0.4, -0.2) is 25.5 Å². The van der Waals surface area contributed by atoms with Gasteiger partial charge in [-0.15, -0.1) is 5.10 Å². The Labute approximate surface area is 161 Å². The van der Waals surface area contributed by atoms with Gasteiger partial charge in [0.15, 0.2) is 5.65 Å². The molecule has 0 saturated heterocycles. The van der Waals surface area contributed by atoms with Crippen LogP contribution in [0.2, 0.25) is 0 Å². The van der Waals surface area contributed by atoms with E-state index in [9.17, 15) is 4.79 Å². The van der Waals surface area contributed by atoms with E-state index in [-0.39, 0.29) is 11.8 Å². The predicted molar refractivity (Wildman–Crippen MR) is 107 cm³/mol. The molecular formula is C21H18N6O. The number of hydrogen-bond acceptors (Lipinski definition) is 5. The van der Waals surface area contributed by atoms with Crippen molar-refractivity contribution in [3.05, 3.63) is 60.9 Å². The topological polar surface area (TPSA) is 98.2 Å². The quantitative estimate of drug-likeness (QED) is 0.574. The third kappa shape index (κ3) is 3.07. The molecular weight excluding hydrogens is 352 g/mol. The minimum atomic E-state index is -0.00100. The average Bonchev–Trinajstić information content (AvgIpc) is 3.49. The summed E-state index contributed by atoms with van der Waals surface area (Å²) in [6, 6.07) is 15.8. The number of hydrogen-bond donors (Lipinski definition) is 2. The van der Waals surface area contributed by atoms with Crippen molar-refractivity contribution in [2.75, 3.05) is 11.1 Å². The number of carbonyl (C=O) groups is 1. The molecule has 1 aliphatic rings. The molecule has 0 atom stereocenters. The van der Waals surface area contributed by atoms with Gasteiger partial charge in [0, 0.05) is 29.4 Å². The van der Waals surface area contributed by atoms with Crippen LogP contribution in [0.15, 0.2) is 60.9 Å². The van der Waals surface area contributed by atoms with E-state index in [1.165, 1.54) is 0 Å². The number of anilines is 2. The summed E-state index contributed by atoms with van der Waals surface area (Å²) < 4.78 is 1.69. The van der Waals surface area contributed by atoms with Gasteiger partial charge in [-0.1, -0.05) is 24.3 Å². The van der Waals surface area contributed by atoms with Crippen LogP contribution >= 0.6 is 0 Å². The number of aromatic nitrogens is 4. The molecule has 7 nitrogen and oxygen atoms in total. The normalized spacial score (nSPS) is 13.6. The second kappa shape index (κ2) is 6.45. The molecule has 28 heavy (non-hydrogen) atoms. The second-order valence-corrected chi connectivity index (χ2v) is 6.94. The van der Waals surface area contributed by atoms with Crippen LogP contribution in [0, 0.1) is 5.92 Å². The number of fused-ring (bicyclic) bond motifs is 1. The molecule has 0 aliphatic heterocycles. The van der Waals surface area contributed by atoms with Gasteiger partial charge in [0.05, 0.1) is 0 Å². The van der Waals surface area contributed by atoms with E-state index >= 15 is 0 Å². The first kappa shape index (κ1) is 16.4. The molecule has 7 heteroatoms. The summed E-state index contributed by atoms with van der Waals surface area (Å²) in [6.45, 7) is 0. The van der Waals surface area contributed by atoms with Crippen molar-refractivity contribution in [1.82, 2.24) is 19.6 Å². The van der Waals surface area contributed by atoms with Gasteiger partial charge in [0.25, 0.3) is 0 Å². The molecule has 1 amide bonds. The predicted octanol–water partition coefficient (Wildman–Crippen LogP) is 3.39. The fraction of sp³-hybridized carbons (Fsp3) is 0.143. The van der Waals surface area contributed by atoms with E-state index < -0.39 is 0 Å². The highest BCUT2D eigenvalue weighted by Crippen LogP contribution is 2.30. The van der Waals surface area contributed by atoms with Gasteiger partial charge in [-0.05, 0) is 48.2 Å². The number of nitrogens with zero attached hydrogens (tertiary/aromatic N) is 4. The van der Waals surface area contributed by atoms with Crippen LogP contribution < -0.4 is 11.1 Å². The summed E-state index contributed by atoms with van der Waals surface area (Å²) in [4.78, 5) is 20.7. The molecule has 3 N–H and O–H groups in total. The van der Waals surface area contributed by atoms with E-state index in [0.29, 0.717) is 17.4 Å². The fourth-order valence-electron chi connectivity index (χ4n) is 3.16. The molecule has 0 unspecified atom stereocenters. The smallest absolute Gasteiger partial charge is 0.249 e. The standard InChI is InChI=1S/C21H18N6O/c22-18-10-9-16(12-23-18)13-3-5-14(6-4-13)17-2-1-11-27-19(17)24-21(26-27)25-20(28)15-7-8-15/h1-6,9-12,15H,7-8H2,(H2,22,23)(H,25,26,28). The summed E-state index contributed by atoms with van der Waals surface area (Å²) in [5.74, 6) is 0.956. The lowest BCUT2D eigenvalue weighted by atomic mass is 10.0. The number of carbonyl (C=O) groups excluding carboxylic acids is 1. The minimum Gasteiger partial charge on any atom is -0.384 e. The minimum absolute atomic E-state index is 0.00100. The summed E-state index contributed by atoms with van der Waals surface area (Å²) in [6.07, 6.45) is 5.48. The van der Waals surface area contributed by atoms with E-state index in [1.54, 1.807) is 16.8 Å². The molecule has 3 aromatic heterocycles. The van der Waals surface area contributed by atoms with Crippen LogP contribution in [0.3, 0.4) is 0 Å². The van der Waals surface area contributed by atoms with Crippen LogP contribution in [0.1, 0.15) is 12.8 Å². The van der Waals surface area contributed by atoms with Crippen LogP contribution in [0.4, 0.5) is 11.8 Å².